The maximum Gasteiger partial charge on any atom is 0.416 e. The fourth-order valence-electron chi connectivity index (χ4n) is 3.27. The van der Waals surface area contributed by atoms with Crippen molar-refractivity contribution in [2.45, 2.75) is 37.4 Å². The maximum absolute atomic E-state index is 12.6. The highest BCUT2D eigenvalue weighted by atomic mass is 19.4. The van der Waals surface area contributed by atoms with Crippen molar-refractivity contribution in [3.05, 3.63) is 57.6 Å². The van der Waals surface area contributed by atoms with Crippen LogP contribution in [0.3, 0.4) is 0 Å². The van der Waals surface area contributed by atoms with Crippen LogP contribution in [0, 0.1) is 0 Å². The molecule has 0 unspecified atom stereocenters. The molecule has 3 rings (SSSR count). The van der Waals surface area contributed by atoms with Crippen molar-refractivity contribution in [2.75, 3.05) is 13.6 Å². The first-order valence-corrected chi connectivity index (χ1v) is 7.87. The van der Waals surface area contributed by atoms with E-state index in [0.29, 0.717) is 12.2 Å². The van der Waals surface area contributed by atoms with E-state index in [-0.39, 0.29) is 17.5 Å². The van der Waals surface area contributed by atoms with E-state index >= 15 is 0 Å². The molecule has 2 atom stereocenters. The Kier molecular flexibility index (Phi) is 4.54. The molecule has 7 heteroatoms. The van der Waals surface area contributed by atoms with Gasteiger partial charge in [-0.2, -0.15) is 18.3 Å². The summed E-state index contributed by atoms with van der Waals surface area (Å²) in [6.45, 7) is 0.852. The van der Waals surface area contributed by atoms with Gasteiger partial charge in [-0.3, -0.25) is 4.79 Å². The second-order valence-corrected chi connectivity index (χ2v) is 6.37. The monoisotopic (exact) mass is 340 g/mol. The van der Waals surface area contributed by atoms with E-state index in [0.717, 1.165) is 37.1 Å². The summed E-state index contributed by atoms with van der Waals surface area (Å²) in [4.78, 5) is 13.4. The summed E-state index contributed by atoms with van der Waals surface area (Å²) in [5, 5.41) is 2.31. The van der Waals surface area contributed by atoms with Gasteiger partial charge in [0, 0.05) is 18.0 Å². The standard InChI is InChI=1S/C17H19F3N2O2/c1-22-7-6-12(15-10-16(23)21-24-15)9-14(22)8-11-2-4-13(5-3-11)17(18,19)20/h2-5,10,12,14H,6-9H2,1H3,(H,21,23)/t12-,14+/m0/s1. The van der Waals surface area contributed by atoms with E-state index in [1.807, 2.05) is 7.05 Å². The van der Waals surface area contributed by atoms with Gasteiger partial charge in [0.05, 0.1) is 5.56 Å². The summed E-state index contributed by atoms with van der Waals surface area (Å²) in [7, 11) is 2.01. The number of likely N-dealkylation sites (N-methyl/N-ethyl adjacent to an activating group) is 1. The average molecular weight is 340 g/mol. The molecule has 1 saturated heterocycles. The molecule has 130 valence electrons. The highest BCUT2D eigenvalue weighted by molar-refractivity contribution is 5.25. The minimum atomic E-state index is -4.31. The SMILES string of the molecule is CN1CC[C@H](c2cc(=O)[nH]o2)C[C@H]1Cc1ccc(C(F)(F)F)cc1. The second kappa shape index (κ2) is 6.47. The topological polar surface area (TPSA) is 49.2 Å². The van der Waals surface area contributed by atoms with Crippen LogP contribution in [0.5, 0.6) is 0 Å². The number of aromatic nitrogens is 1. The Morgan fingerprint density at radius 1 is 1.29 bits per heavy atom. The van der Waals surface area contributed by atoms with E-state index in [1.165, 1.54) is 18.2 Å². The van der Waals surface area contributed by atoms with Gasteiger partial charge in [-0.15, -0.1) is 0 Å². The predicted octanol–water partition coefficient (Wildman–Crippen LogP) is 3.41. The molecular weight excluding hydrogens is 321 g/mol. The third-order valence-electron chi connectivity index (χ3n) is 4.71. The molecule has 1 aliphatic rings. The summed E-state index contributed by atoms with van der Waals surface area (Å²) in [6.07, 6.45) is -1.95. The first-order valence-electron chi connectivity index (χ1n) is 7.87. The van der Waals surface area contributed by atoms with Gasteiger partial charge in [-0.1, -0.05) is 12.1 Å². The third-order valence-corrected chi connectivity index (χ3v) is 4.71. The number of nitrogens with one attached hydrogen (secondary N) is 1. The summed E-state index contributed by atoms with van der Waals surface area (Å²) in [5.74, 6) is 0.810. The van der Waals surface area contributed by atoms with Crippen molar-refractivity contribution in [2.24, 2.45) is 0 Å². The largest absolute Gasteiger partial charge is 0.416 e. The van der Waals surface area contributed by atoms with Crippen LogP contribution in [0.25, 0.3) is 0 Å². The van der Waals surface area contributed by atoms with Gasteiger partial charge in [-0.25, -0.2) is 0 Å². The Bertz CT molecular complexity index is 733. The number of alkyl halides is 3. The van der Waals surface area contributed by atoms with Gasteiger partial charge in [0.15, 0.2) is 0 Å². The van der Waals surface area contributed by atoms with Crippen molar-refractivity contribution in [1.82, 2.24) is 10.1 Å². The molecule has 1 N–H and O–H groups in total. The molecule has 0 bridgehead atoms. The first kappa shape index (κ1) is 16.8. The highest BCUT2D eigenvalue weighted by Gasteiger charge is 2.31. The Balaban J connectivity index is 1.70. The van der Waals surface area contributed by atoms with Gasteiger partial charge in [0.25, 0.3) is 5.56 Å². The van der Waals surface area contributed by atoms with Crippen LogP contribution < -0.4 is 5.56 Å². The number of piperidine rings is 1. The number of hydrogen-bond donors (Lipinski definition) is 1. The number of halogens is 3. The zero-order valence-electron chi connectivity index (χ0n) is 13.3. The van der Waals surface area contributed by atoms with Gasteiger partial charge in [0.2, 0.25) is 0 Å². The molecule has 1 aliphatic heterocycles. The van der Waals surface area contributed by atoms with Crippen molar-refractivity contribution in [1.29, 1.82) is 0 Å². The van der Waals surface area contributed by atoms with E-state index in [4.69, 9.17) is 4.52 Å². The smallest absolute Gasteiger partial charge is 0.383 e. The molecule has 1 aromatic carbocycles. The molecular formula is C17H19F3N2O2. The third kappa shape index (κ3) is 3.72. The fourth-order valence-corrected chi connectivity index (χ4v) is 3.27. The zero-order valence-corrected chi connectivity index (χ0v) is 13.3. The molecule has 2 aromatic rings. The lowest BCUT2D eigenvalue weighted by atomic mass is 9.86. The quantitative estimate of drug-likeness (QED) is 0.932. The van der Waals surface area contributed by atoms with Gasteiger partial charge in [0.1, 0.15) is 5.76 Å². The zero-order chi connectivity index (χ0) is 17.3. The molecule has 1 fully saturated rings. The van der Waals surface area contributed by atoms with E-state index < -0.39 is 11.7 Å². The van der Waals surface area contributed by atoms with Crippen LogP contribution in [-0.4, -0.2) is 29.7 Å². The van der Waals surface area contributed by atoms with Crippen molar-refractivity contribution < 1.29 is 17.7 Å². The predicted molar refractivity (Wildman–Crippen MR) is 82.9 cm³/mol. The molecule has 0 saturated carbocycles. The number of hydrogen-bond acceptors (Lipinski definition) is 3. The first-order chi connectivity index (χ1) is 11.3. The van der Waals surface area contributed by atoms with E-state index in [9.17, 15) is 18.0 Å². The number of benzene rings is 1. The Morgan fingerprint density at radius 3 is 2.58 bits per heavy atom. The number of aromatic amines is 1. The van der Waals surface area contributed by atoms with Crippen LogP contribution in [0.15, 0.2) is 39.6 Å². The second-order valence-electron chi connectivity index (χ2n) is 6.37. The Morgan fingerprint density at radius 2 is 2.00 bits per heavy atom. The lowest BCUT2D eigenvalue weighted by molar-refractivity contribution is -0.137. The van der Waals surface area contributed by atoms with Crippen molar-refractivity contribution in [3.63, 3.8) is 0 Å². The average Bonchev–Trinajstić information content (AvgIpc) is 2.96. The fraction of sp³-hybridized carbons (Fsp3) is 0.471. The Hall–Kier alpha value is -2.02. The van der Waals surface area contributed by atoms with Gasteiger partial charge in [-0.05, 0) is 50.6 Å². The molecule has 0 amide bonds. The minimum Gasteiger partial charge on any atom is -0.383 e. The van der Waals surface area contributed by atoms with Crippen molar-refractivity contribution >= 4 is 0 Å². The molecule has 24 heavy (non-hydrogen) atoms. The number of likely N-dealkylation sites (tertiary alicyclic amines) is 1. The molecule has 0 radical (unpaired) electrons. The summed E-state index contributed by atoms with van der Waals surface area (Å²) >= 11 is 0. The number of rotatable bonds is 3. The number of H-pyrrole nitrogens is 1. The summed E-state index contributed by atoms with van der Waals surface area (Å²) < 4.78 is 43.1. The number of nitrogens with zero attached hydrogens (tertiary/aromatic N) is 1. The van der Waals surface area contributed by atoms with Gasteiger partial charge < -0.3 is 9.42 Å². The van der Waals surface area contributed by atoms with Crippen LogP contribution in [-0.2, 0) is 12.6 Å². The van der Waals surface area contributed by atoms with Crippen LogP contribution in [0.1, 0.15) is 35.6 Å². The lowest BCUT2D eigenvalue weighted by Gasteiger charge is -2.36. The molecule has 1 aromatic heterocycles. The molecule has 4 nitrogen and oxygen atoms in total. The van der Waals surface area contributed by atoms with Crippen LogP contribution in [0.2, 0.25) is 0 Å². The molecule has 0 spiro atoms. The lowest BCUT2D eigenvalue weighted by Crippen LogP contribution is -2.40. The Labute approximate surface area is 137 Å². The summed E-state index contributed by atoms with van der Waals surface area (Å²) in [5.41, 5.74) is -0.00513. The normalized spacial score (nSPS) is 22.7. The van der Waals surface area contributed by atoms with Crippen LogP contribution >= 0.6 is 0 Å². The van der Waals surface area contributed by atoms with Gasteiger partial charge >= 0.3 is 6.18 Å². The summed E-state index contributed by atoms with van der Waals surface area (Å²) in [6, 6.07) is 7.00. The van der Waals surface area contributed by atoms with E-state index in [1.54, 1.807) is 0 Å². The van der Waals surface area contributed by atoms with E-state index in [2.05, 4.69) is 10.1 Å². The minimum absolute atomic E-state index is 0.152. The molecule has 2 heterocycles. The van der Waals surface area contributed by atoms with Crippen LogP contribution in [0.4, 0.5) is 13.2 Å². The highest BCUT2D eigenvalue weighted by Crippen LogP contribution is 2.33. The molecule has 0 aliphatic carbocycles. The maximum atomic E-state index is 12.6. The van der Waals surface area contributed by atoms with Crippen molar-refractivity contribution in [3.8, 4) is 0 Å².